The van der Waals surface area contributed by atoms with Gasteiger partial charge in [-0.3, -0.25) is 0 Å². The smallest absolute Gasteiger partial charge is 0.134 e. The van der Waals surface area contributed by atoms with Gasteiger partial charge in [0.2, 0.25) is 0 Å². The summed E-state index contributed by atoms with van der Waals surface area (Å²) in [4.78, 5) is 10.9. The van der Waals surface area contributed by atoms with Crippen LogP contribution >= 0.6 is 11.6 Å². The minimum atomic E-state index is 0.497. The zero-order chi connectivity index (χ0) is 13.0. The molecule has 0 amide bonds. The zero-order valence-electron chi connectivity index (χ0n) is 11.1. The Kier molecular flexibility index (Phi) is 4.78. The lowest BCUT2D eigenvalue weighted by molar-refractivity contribution is 0.294. The van der Waals surface area contributed by atoms with E-state index in [2.05, 4.69) is 27.1 Å². The molecule has 4 nitrogen and oxygen atoms in total. The molecule has 0 aliphatic carbocycles. The number of nitrogens with one attached hydrogen (secondary N) is 1. The van der Waals surface area contributed by atoms with Gasteiger partial charge in [-0.25, -0.2) is 9.97 Å². The molecule has 5 heteroatoms. The standard InChI is InChI=1S/C13H21ClN4/c1-10(9-18-5-3-4-6-18)8-15-13-7-12(14)16-11(2)17-13/h7,10H,3-6,8-9H2,1-2H3,(H,15,16,17). The highest BCUT2D eigenvalue weighted by atomic mass is 35.5. The molecule has 1 saturated heterocycles. The molecule has 1 aromatic rings. The van der Waals surface area contributed by atoms with Gasteiger partial charge in [-0.15, -0.1) is 0 Å². The molecule has 0 bridgehead atoms. The van der Waals surface area contributed by atoms with Crippen molar-refractivity contribution in [3.63, 3.8) is 0 Å². The number of rotatable bonds is 5. The molecule has 1 aliphatic rings. The Morgan fingerprint density at radius 1 is 1.39 bits per heavy atom. The SMILES string of the molecule is Cc1nc(Cl)cc(NCC(C)CN2CCCC2)n1. The van der Waals surface area contributed by atoms with Gasteiger partial charge in [0, 0.05) is 19.2 Å². The molecule has 1 fully saturated rings. The second-order valence-corrected chi connectivity index (χ2v) is 5.50. The predicted molar refractivity (Wildman–Crippen MR) is 75.1 cm³/mol. The second kappa shape index (κ2) is 6.34. The molecule has 1 unspecified atom stereocenters. The van der Waals surface area contributed by atoms with Gasteiger partial charge >= 0.3 is 0 Å². The summed E-state index contributed by atoms with van der Waals surface area (Å²) >= 11 is 5.90. The maximum absolute atomic E-state index is 5.90. The molecule has 100 valence electrons. The van der Waals surface area contributed by atoms with Gasteiger partial charge in [-0.2, -0.15) is 0 Å². The molecule has 0 aromatic carbocycles. The van der Waals surface area contributed by atoms with Crippen LogP contribution in [0.4, 0.5) is 5.82 Å². The van der Waals surface area contributed by atoms with Crippen LogP contribution in [0.3, 0.4) is 0 Å². The molecule has 1 aliphatic heterocycles. The van der Waals surface area contributed by atoms with Crippen molar-refractivity contribution in [3.05, 3.63) is 17.0 Å². The van der Waals surface area contributed by atoms with E-state index in [-0.39, 0.29) is 0 Å². The minimum absolute atomic E-state index is 0.497. The molecule has 1 aromatic heterocycles. The number of anilines is 1. The van der Waals surface area contributed by atoms with E-state index < -0.39 is 0 Å². The van der Waals surface area contributed by atoms with Crippen LogP contribution in [0.15, 0.2) is 6.07 Å². The largest absolute Gasteiger partial charge is 0.370 e. The van der Waals surface area contributed by atoms with Gasteiger partial charge in [0.05, 0.1) is 0 Å². The van der Waals surface area contributed by atoms with Gasteiger partial charge in [-0.05, 0) is 38.8 Å². The number of likely N-dealkylation sites (tertiary alicyclic amines) is 1. The summed E-state index contributed by atoms with van der Waals surface area (Å²) in [5.41, 5.74) is 0. The van der Waals surface area contributed by atoms with E-state index in [1.165, 1.54) is 25.9 Å². The maximum atomic E-state index is 5.90. The Bertz CT molecular complexity index is 370. The number of aryl methyl sites for hydroxylation is 1. The third-order valence-electron chi connectivity index (χ3n) is 3.21. The van der Waals surface area contributed by atoms with Crippen LogP contribution in [0.2, 0.25) is 5.15 Å². The summed E-state index contributed by atoms with van der Waals surface area (Å²) in [6.07, 6.45) is 2.70. The highest BCUT2D eigenvalue weighted by Crippen LogP contribution is 2.13. The summed E-state index contributed by atoms with van der Waals surface area (Å²) in [7, 11) is 0. The Hall–Kier alpha value is -0.870. The Labute approximate surface area is 114 Å². The third-order valence-corrected chi connectivity index (χ3v) is 3.40. The summed E-state index contributed by atoms with van der Waals surface area (Å²) in [5.74, 6) is 2.13. The minimum Gasteiger partial charge on any atom is -0.370 e. The average molecular weight is 269 g/mol. The number of nitrogens with zero attached hydrogens (tertiary/aromatic N) is 3. The summed E-state index contributed by atoms with van der Waals surface area (Å²) in [6, 6.07) is 1.77. The van der Waals surface area contributed by atoms with Crippen molar-refractivity contribution in [1.29, 1.82) is 0 Å². The fourth-order valence-electron chi connectivity index (χ4n) is 2.37. The van der Waals surface area contributed by atoms with Crippen LogP contribution < -0.4 is 5.32 Å². The maximum Gasteiger partial charge on any atom is 0.134 e. The summed E-state index contributed by atoms with van der Waals surface area (Å²) in [5, 5.41) is 3.84. The average Bonchev–Trinajstić information content (AvgIpc) is 2.78. The number of halogens is 1. The first-order valence-electron chi connectivity index (χ1n) is 6.61. The van der Waals surface area contributed by atoms with Gasteiger partial charge in [0.25, 0.3) is 0 Å². The van der Waals surface area contributed by atoms with Crippen molar-refractivity contribution in [3.8, 4) is 0 Å². The van der Waals surface area contributed by atoms with Crippen LogP contribution in [0, 0.1) is 12.8 Å². The quantitative estimate of drug-likeness (QED) is 0.834. The van der Waals surface area contributed by atoms with Crippen LogP contribution in [0.1, 0.15) is 25.6 Å². The van der Waals surface area contributed by atoms with E-state index in [0.717, 1.165) is 18.9 Å². The highest BCUT2D eigenvalue weighted by molar-refractivity contribution is 6.29. The molecular weight excluding hydrogens is 248 g/mol. The van der Waals surface area contributed by atoms with Gasteiger partial charge < -0.3 is 10.2 Å². The number of hydrogen-bond donors (Lipinski definition) is 1. The lowest BCUT2D eigenvalue weighted by Crippen LogP contribution is -2.29. The van der Waals surface area contributed by atoms with Crippen molar-refractivity contribution >= 4 is 17.4 Å². The van der Waals surface area contributed by atoms with E-state index >= 15 is 0 Å². The number of hydrogen-bond acceptors (Lipinski definition) is 4. The summed E-state index contributed by atoms with van der Waals surface area (Å²) < 4.78 is 0. The summed E-state index contributed by atoms with van der Waals surface area (Å²) in [6.45, 7) is 8.70. The van der Waals surface area contributed by atoms with Gasteiger partial charge in [-0.1, -0.05) is 18.5 Å². The highest BCUT2D eigenvalue weighted by Gasteiger charge is 2.14. The predicted octanol–water partition coefficient (Wildman–Crippen LogP) is 2.58. The first kappa shape index (κ1) is 13.6. The molecule has 2 rings (SSSR count). The van der Waals surface area contributed by atoms with Crippen molar-refractivity contribution in [1.82, 2.24) is 14.9 Å². The van der Waals surface area contributed by atoms with E-state index in [1.807, 2.05) is 6.92 Å². The lowest BCUT2D eigenvalue weighted by Gasteiger charge is -2.20. The second-order valence-electron chi connectivity index (χ2n) is 5.12. The van der Waals surface area contributed by atoms with Gasteiger partial charge in [0.15, 0.2) is 0 Å². The van der Waals surface area contributed by atoms with Crippen molar-refractivity contribution in [2.45, 2.75) is 26.7 Å². The first-order chi connectivity index (χ1) is 8.63. The third kappa shape index (κ3) is 4.10. The Morgan fingerprint density at radius 3 is 2.78 bits per heavy atom. The molecule has 2 heterocycles. The molecular formula is C13H21ClN4. The fraction of sp³-hybridized carbons (Fsp3) is 0.692. The number of aromatic nitrogens is 2. The van der Waals surface area contributed by atoms with E-state index in [9.17, 15) is 0 Å². The Morgan fingerprint density at radius 2 is 2.11 bits per heavy atom. The van der Waals surface area contributed by atoms with Crippen LogP contribution in [0.25, 0.3) is 0 Å². The monoisotopic (exact) mass is 268 g/mol. The van der Waals surface area contributed by atoms with Crippen molar-refractivity contribution in [2.24, 2.45) is 5.92 Å². The molecule has 0 spiro atoms. The molecule has 0 radical (unpaired) electrons. The van der Waals surface area contributed by atoms with E-state index in [4.69, 9.17) is 11.6 Å². The van der Waals surface area contributed by atoms with Crippen LogP contribution in [-0.4, -0.2) is 41.0 Å². The van der Waals surface area contributed by atoms with Gasteiger partial charge in [0.1, 0.15) is 16.8 Å². The van der Waals surface area contributed by atoms with Crippen LogP contribution in [0.5, 0.6) is 0 Å². The fourth-order valence-corrected chi connectivity index (χ4v) is 2.60. The molecule has 1 N–H and O–H groups in total. The molecule has 0 saturated carbocycles. The molecule has 18 heavy (non-hydrogen) atoms. The van der Waals surface area contributed by atoms with E-state index in [0.29, 0.717) is 16.9 Å². The van der Waals surface area contributed by atoms with Crippen molar-refractivity contribution in [2.75, 3.05) is 31.5 Å². The van der Waals surface area contributed by atoms with E-state index in [1.54, 1.807) is 6.07 Å². The molecule has 1 atom stereocenters. The zero-order valence-corrected chi connectivity index (χ0v) is 11.9. The van der Waals surface area contributed by atoms with Crippen molar-refractivity contribution < 1.29 is 0 Å². The first-order valence-corrected chi connectivity index (χ1v) is 6.98. The Balaban J connectivity index is 1.79. The lowest BCUT2D eigenvalue weighted by atomic mass is 10.1. The van der Waals surface area contributed by atoms with Crippen LogP contribution in [-0.2, 0) is 0 Å². The topological polar surface area (TPSA) is 41.1 Å². The normalized spacial score (nSPS) is 17.9.